The molecule has 1 aliphatic carbocycles. The van der Waals surface area contributed by atoms with Gasteiger partial charge in [0.2, 0.25) is 21.8 Å². The van der Waals surface area contributed by atoms with Crippen molar-refractivity contribution in [3.8, 4) is 0 Å². The summed E-state index contributed by atoms with van der Waals surface area (Å²) >= 11 is 3.47. The molecule has 0 bridgehead atoms. The smallest absolute Gasteiger partial charge is 0.244 e. The van der Waals surface area contributed by atoms with Crippen LogP contribution in [0.1, 0.15) is 54.4 Å². The fourth-order valence-electron chi connectivity index (χ4n) is 5.49. The summed E-state index contributed by atoms with van der Waals surface area (Å²) in [6.07, 6.45) is 6.54. The lowest BCUT2D eigenvalue weighted by Crippen LogP contribution is -2.55. The minimum absolute atomic E-state index is 0.0663. The number of hydrogen-bond donors (Lipinski definition) is 1. The molecule has 0 heterocycles. The van der Waals surface area contributed by atoms with E-state index in [0.717, 1.165) is 69.4 Å². The molecular weight excluding hydrogens is 614 g/mol. The van der Waals surface area contributed by atoms with E-state index in [4.69, 9.17) is 0 Å². The summed E-state index contributed by atoms with van der Waals surface area (Å²) in [6, 6.07) is 21.9. The summed E-state index contributed by atoms with van der Waals surface area (Å²) in [5.74, 6) is -0.655. The third-order valence-electron chi connectivity index (χ3n) is 8.01. The van der Waals surface area contributed by atoms with Gasteiger partial charge in [0.15, 0.2) is 0 Å². The van der Waals surface area contributed by atoms with E-state index in [1.807, 2.05) is 74.5 Å². The number of benzene rings is 3. The number of aryl methyl sites for hydroxylation is 1. The van der Waals surface area contributed by atoms with Crippen LogP contribution in [-0.4, -0.2) is 50.0 Å². The van der Waals surface area contributed by atoms with E-state index >= 15 is 0 Å². The summed E-state index contributed by atoms with van der Waals surface area (Å²) in [6.45, 7) is 3.50. The highest BCUT2D eigenvalue weighted by Crippen LogP contribution is 2.26. The zero-order valence-electron chi connectivity index (χ0n) is 24.6. The first kappa shape index (κ1) is 31.8. The summed E-state index contributed by atoms with van der Waals surface area (Å²) in [7, 11) is -3.81. The molecule has 42 heavy (non-hydrogen) atoms. The van der Waals surface area contributed by atoms with Crippen molar-refractivity contribution in [2.45, 2.75) is 71.0 Å². The van der Waals surface area contributed by atoms with Crippen molar-refractivity contribution < 1.29 is 18.0 Å². The Hall–Kier alpha value is -3.17. The first-order valence-corrected chi connectivity index (χ1v) is 17.1. The molecular formula is C33H40BrN3O4S. The molecule has 0 spiro atoms. The van der Waals surface area contributed by atoms with Crippen molar-refractivity contribution in [1.29, 1.82) is 0 Å². The maximum absolute atomic E-state index is 14.3. The second kappa shape index (κ2) is 14.3. The molecule has 0 aliphatic heterocycles. The number of amides is 2. The van der Waals surface area contributed by atoms with Gasteiger partial charge in [-0.15, -0.1) is 0 Å². The molecule has 1 saturated carbocycles. The third kappa shape index (κ3) is 8.44. The van der Waals surface area contributed by atoms with Crippen LogP contribution in [0.25, 0.3) is 0 Å². The molecule has 3 aromatic rings. The van der Waals surface area contributed by atoms with Crippen molar-refractivity contribution in [2.75, 3.05) is 17.1 Å². The van der Waals surface area contributed by atoms with Crippen molar-refractivity contribution in [3.63, 3.8) is 0 Å². The van der Waals surface area contributed by atoms with Crippen LogP contribution in [0.15, 0.2) is 77.3 Å². The van der Waals surface area contributed by atoms with Crippen molar-refractivity contribution in [3.05, 3.63) is 99.5 Å². The summed E-state index contributed by atoms with van der Waals surface area (Å²) in [5, 5.41) is 3.23. The molecule has 7 nitrogen and oxygen atoms in total. The number of nitrogens with zero attached hydrogens (tertiary/aromatic N) is 2. The van der Waals surface area contributed by atoms with Gasteiger partial charge in [-0.25, -0.2) is 8.42 Å². The number of anilines is 1. The Balaban J connectivity index is 1.73. The third-order valence-corrected chi connectivity index (χ3v) is 9.67. The molecule has 224 valence electrons. The van der Waals surface area contributed by atoms with E-state index < -0.39 is 28.5 Å². The Morgan fingerprint density at radius 1 is 0.905 bits per heavy atom. The first-order valence-electron chi connectivity index (χ1n) is 14.4. The molecule has 9 heteroatoms. The van der Waals surface area contributed by atoms with Gasteiger partial charge in [-0.3, -0.25) is 13.9 Å². The van der Waals surface area contributed by atoms with Gasteiger partial charge in [0.25, 0.3) is 0 Å². The number of sulfonamides is 1. The van der Waals surface area contributed by atoms with Gasteiger partial charge < -0.3 is 10.2 Å². The Morgan fingerprint density at radius 3 is 2.21 bits per heavy atom. The highest BCUT2D eigenvalue weighted by atomic mass is 79.9. The van der Waals surface area contributed by atoms with E-state index in [1.165, 1.54) is 0 Å². The largest absolute Gasteiger partial charge is 0.352 e. The van der Waals surface area contributed by atoms with Gasteiger partial charge in [0, 0.05) is 23.5 Å². The van der Waals surface area contributed by atoms with E-state index in [-0.39, 0.29) is 18.5 Å². The van der Waals surface area contributed by atoms with Crippen molar-refractivity contribution in [1.82, 2.24) is 10.2 Å². The van der Waals surface area contributed by atoms with Crippen molar-refractivity contribution in [2.24, 2.45) is 0 Å². The molecule has 2 amide bonds. The van der Waals surface area contributed by atoms with E-state index in [2.05, 4.69) is 21.2 Å². The fraction of sp³-hybridized carbons (Fsp3) is 0.394. The van der Waals surface area contributed by atoms with Crippen LogP contribution >= 0.6 is 15.9 Å². The maximum atomic E-state index is 14.3. The van der Waals surface area contributed by atoms with E-state index in [1.54, 1.807) is 17.0 Å². The van der Waals surface area contributed by atoms with Gasteiger partial charge in [-0.2, -0.15) is 0 Å². The number of rotatable bonds is 11. The lowest BCUT2D eigenvalue weighted by atomic mass is 9.94. The molecule has 4 rings (SSSR count). The molecule has 1 N–H and O–H groups in total. The number of halogens is 1. The zero-order valence-corrected chi connectivity index (χ0v) is 27.0. The lowest BCUT2D eigenvalue weighted by molar-refractivity contribution is -0.140. The number of hydrogen-bond acceptors (Lipinski definition) is 4. The van der Waals surface area contributed by atoms with Gasteiger partial charge in [-0.05, 0) is 67.1 Å². The number of nitrogens with one attached hydrogen (secondary N) is 1. The van der Waals surface area contributed by atoms with Crippen LogP contribution in [0.3, 0.4) is 0 Å². The molecule has 0 radical (unpaired) electrons. The predicted molar refractivity (Wildman–Crippen MR) is 172 cm³/mol. The second-order valence-corrected chi connectivity index (χ2v) is 14.0. The Bertz CT molecular complexity index is 1470. The SMILES string of the molecule is Cc1cccc(N(CC(=O)N(Cc2ccc(Br)cc2)[C@H](Cc2ccccc2)C(=O)NC2CCCCC2)S(C)(=O)=O)c1C. The van der Waals surface area contributed by atoms with Crippen LogP contribution in [0.4, 0.5) is 5.69 Å². The van der Waals surface area contributed by atoms with Crippen LogP contribution in [0, 0.1) is 13.8 Å². The topological polar surface area (TPSA) is 86.8 Å². The molecule has 3 aromatic carbocycles. The Kier molecular flexibility index (Phi) is 10.8. The Labute approximate surface area is 258 Å². The van der Waals surface area contributed by atoms with Crippen molar-refractivity contribution >= 4 is 43.5 Å². The summed E-state index contributed by atoms with van der Waals surface area (Å²) in [4.78, 5) is 29.9. The standard InChI is InChI=1S/C33H40BrN3O4S/c1-24-11-10-16-30(25(24)2)37(42(3,40)41)23-32(38)36(22-27-17-19-28(34)20-18-27)31(21-26-12-6-4-7-13-26)33(39)35-29-14-8-5-9-15-29/h4,6-7,10-13,16-20,29,31H,5,8-9,14-15,21-23H2,1-3H3,(H,35,39)/t31-/m1/s1. The molecule has 1 fully saturated rings. The predicted octanol–water partition coefficient (Wildman–Crippen LogP) is 5.92. The summed E-state index contributed by atoms with van der Waals surface area (Å²) in [5.41, 5.74) is 3.93. The Morgan fingerprint density at radius 2 is 1.57 bits per heavy atom. The maximum Gasteiger partial charge on any atom is 0.244 e. The normalized spacial score (nSPS) is 14.7. The fourth-order valence-corrected chi connectivity index (χ4v) is 6.65. The van der Waals surface area contributed by atoms with Gasteiger partial charge in [0.1, 0.15) is 12.6 Å². The van der Waals surface area contributed by atoms with Gasteiger partial charge >= 0.3 is 0 Å². The minimum atomic E-state index is -3.81. The molecule has 0 unspecified atom stereocenters. The minimum Gasteiger partial charge on any atom is -0.352 e. The molecule has 0 saturated heterocycles. The highest BCUT2D eigenvalue weighted by Gasteiger charge is 2.34. The first-order chi connectivity index (χ1) is 20.0. The molecule has 1 atom stereocenters. The van der Waals surface area contributed by atoms with Crippen LogP contribution < -0.4 is 9.62 Å². The molecule has 1 aliphatic rings. The lowest BCUT2D eigenvalue weighted by Gasteiger charge is -2.35. The quantitative estimate of drug-likeness (QED) is 0.278. The van der Waals surface area contributed by atoms with Gasteiger partial charge in [-0.1, -0.05) is 89.8 Å². The average molecular weight is 655 g/mol. The highest BCUT2D eigenvalue weighted by molar-refractivity contribution is 9.10. The van der Waals surface area contributed by atoms with Crippen LogP contribution in [-0.2, 0) is 32.6 Å². The average Bonchev–Trinajstić information content (AvgIpc) is 2.96. The second-order valence-electron chi connectivity index (χ2n) is 11.2. The zero-order chi connectivity index (χ0) is 30.3. The van der Waals surface area contributed by atoms with E-state index in [0.29, 0.717) is 12.1 Å². The van der Waals surface area contributed by atoms with E-state index in [9.17, 15) is 18.0 Å². The number of carbonyl (C=O) groups excluding carboxylic acids is 2. The van der Waals surface area contributed by atoms with Crippen LogP contribution in [0.2, 0.25) is 0 Å². The summed E-state index contributed by atoms with van der Waals surface area (Å²) < 4.78 is 28.2. The van der Waals surface area contributed by atoms with Gasteiger partial charge in [0.05, 0.1) is 11.9 Å². The molecule has 0 aromatic heterocycles. The number of carbonyl (C=O) groups is 2. The van der Waals surface area contributed by atoms with Crippen LogP contribution in [0.5, 0.6) is 0 Å². The monoisotopic (exact) mass is 653 g/mol.